The zero-order valence-electron chi connectivity index (χ0n) is 22.6. The van der Waals surface area contributed by atoms with E-state index >= 15 is 0 Å². The van der Waals surface area contributed by atoms with Crippen molar-refractivity contribution >= 4 is 18.1 Å². The minimum Gasteiger partial charge on any atom is -0.494 e. The first-order valence-electron chi connectivity index (χ1n) is 12.2. The fourth-order valence-electron chi connectivity index (χ4n) is 3.47. The predicted molar refractivity (Wildman–Crippen MR) is 146 cm³/mol. The van der Waals surface area contributed by atoms with Crippen LogP contribution in [0, 0.1) is 0 Å². The summed E-state index contributed by atoms with van der Waals surface area (Å²) in [5.74, 6) is 1.30. The van der Waals surface area contributed by atoms with Gasteiger partial charge in [-0.2, -0.15) is 5.10 Å². The van der Waals surface area contributed by atoms with Gasteiger partial charge in [0, 0.05) is 5.56 Å². The van der Waals surface area contributed by atoms with Crippen molar-refractivity contribution < 1.29 is 38.0 Å². The average Bonchev–Trinajstić information content (AvgIpc) is 2.97. The maximum absolute atomic E-state index is 12.6. The summed E-state index contributed by atoms with van der Waals surface area (Å²) in [4.78, 5) is 25.3. The van der Waals surface area contributed by atoms with E-state index in [0.717, 1.165) is 12.8 Å². The number of nitrogens with zero attached hydrogens (tertiary/aromatic N) is 1. The van der Waals surface area contributed by atoms with Crippen molar-refractivity contribution in [3.05, 3.63) is 71.3 Å². The number of nitrogens with one attached hydrogen (secondary N) is 1. The number of unbranched alkanes of at least 4 members (excludes halogenated alkanes) is 1. The highest BCUT2D eigenvalue weighted by molar-refractivity contribution is 5.96. The molecular formula is C29H32N2O8. The maximum atomic E-state index is 12.6. The molecule has 1 N–H and O–H groups in total. The quantitative estimate of drug-likeness (QED) is 0.108. The highest BCUT2D eigenvalue weighted by Crippen LogP contribution is 2.38. The summed E-state index contributed by atoms with van der Waals surface area (Å²) in [5.41, 5.74) is 3.70. The average molecular weight is 537 g/mol. The van der Waals surface area contributed by atoms with Gasteiger partial charge in [-0.15, -0.1) is 0 Å². The molecule has 0 aromatic heterocycles. The molecule has 0 saturated heterocycles. The third-order valence-electron chi connectivity index (χ3n) is 5.55. The molecule has 0 heterocycles. The van der Waals surface area contributed by atoms with Gasteiger partial charge >= 0.3 is 5.97 Å². The van der Waals surface area contributed by atoms with Crippen LogP contribution in [0.1, 0.15) is 46.0 Å². The zero-order chi connectivity index (χ0) is 28.2. The summed E-state index contributed by atoms with van der Waals surface area (Å²) >= 11 is 0. The summed E-state index contributed by atoms with van der Waals surface area (Å²) in [7, 11) is 5.87. The number of carbonyl (C=O) groups excluding carboxylic acids is 2. The summed E-state index contributed by atoms with van der Waals surface area (Å²) in [6, 6.07) is 14.7. The number of esters is 1. The molecule has 0 fully saturated rings. The Hall–Kier alpha value is -4.73. The second-order valence-corrected chi connectivity index (χ2v) is 8.14. The molecule has 3 aromatic rings. The lowest BCUT2D eigenvalue weighted by atomic mass is 10.1. The Bertz CT molecular complexity index is 1280. The van der Waals surface area contributed by atoms with Crippen LogP contribution in [0.4, 0.5) is 0 Å². The van der Waals surface area contributed by atoms with E-state index in [1.807, 2.05) is 0 Å². The lowest BCUT2D eigenvalue weighted by Crippen LogP contribution is -2.18. The predicted octanol–water partition coefficient (Wildman–Crippen LogP) is 4.88. The van der Waals surface area contributed by atoms with Crippen molar-refractivity contribution in [2.24, 2.45) is 5.10 Å². The number of methoxy groups -OCH3 is 4. The standard InChI is InChI=1S/C29H32N2O8/c1-6-7-14-38-22-11-9-20(10-12-22)29(33)39-23-13-8-19(15-24(23)34-2)18-30-31-28(32)21-16-25(35-3)27(37-5)26(17-21)36-4/h8-13,15-18H,6-7,14H2,1-5H3,(H,31,32)/b30-18-. The molecular weight excluding hydrogens is 504 g/mol. The molecule has 10 nitrogen and oxygen atoms in total. The fraction of sp³-hybridized carbons (Fsp3) is 0.276. The smallest absolute Gasteiger partial charge is 0.343 e. The van der Waals surface area contributed by atoms with Crippen molar-refractivity contribution in [2.75, 3.05) is 35.0 Å². The number of ether oxygens (including phenoxy) is 6. The third kappa shape index (κ3) is 7.64. The Labute approximate surface area is 227 Å². The van der Waals surface area contributed by atoms with Gasteiger partial charge in [-0.25, -0.2) is 10.2 Å². The van der Waals surface area contributed by atoms with Crippen LogP contribution in [-0.2, 0) is 0 Å². The SMILES string of the molecule is CCCCOc1ccc(C(=O)Oc2ccc(/C=N\NC(=O)c3cc(OC)c(OC)c(OC)c3)cc2OC)cc1. The van der Waals surface area contributed by atoms with E-state index in [-0.39, 0.29) is 11.3 Å². The fourth-order valence-corrected chi connectivity index (χ4v) is 3.47. The molecule has 3 aromatic carbocycles. The molecule has 0 bridgehead atoms. The van der Waals surface area contributed by atoms with E-state index < -0.39 is 11.9 Å². The molecule has 0 saturated carbocycles. The monoisotopic (exact) mass is 536 g/mol. The molecule has 1 amide bonds. The van der Waals surface area contributed by atoms with E-state index in [2.05, 4.69) is 17.5 Å². The first kappa shape index (κ1) is 28.8. The summed E-state index contributed by atoms with van der Waals surface area (Å²) in [5, 5.41) is 4.01. The Morgan fingerprint density at radius 1 is 0.795 bits per heavy atom. The summed E-state index contributed by atoms with van der Waals surface area (Å²) < 4.78 is 32.4. The van der Waals surface area contributed by atoms with Crippen LogP contribution in [0.2, 0.25) is 0 Å². The van der Waals surface area contributed by atoms with Crippen LogP contribution >= 0.6 is 0 Å². The van der Waals surface area contributed by atoms with Gasteiger partial charge in [-0.1, -0.05) is 13.3 Å². The minimum absolute atomic E-state index is 0.240. The molecule has 0 radical (unpaired) electrons. The van der Waals surface area contributed by atoms with Crippen molar-refractivity contribution in [1.29, 1.82) is 0 Å². The normalized spacial score (nSPS) is 10.6. The van der Waals surface area contributed by atoms with Gasteiger partial charge < -0.3 is 28.4 Å². The van der Waals surface area contributed by atoms with E-state index in [1.165, 1.54) is 46.8 Å². The van der Waals surface area contributed by atoms with Gasteiger partial charge in [-0.3, -0.25) is 4.79 Å². The number of benzene rings is 3. The highest BCUT2D eigenvalue weighted by Gasteiger charge is 2.17. The zero-order valence-corrected chi connectivity index (χ0v) is 22.6. The van der Waals surface area contributed by atoms with Crippen LogP contribution in [0.15, 0.2) is 59.7 Å². The van der Waals surface area contributed by atoms with Gasteiger partial charge in [-0.05, 0) is 66.6 Å². The van der Waals surface area contributed by atoms with E-state index in [1.54, 1.807) is 42.5 Å². The number of carbonyl (C=O) groups is 2. The molecule has 0 aliphatic carbocycles. The summed E-state index contributed by atoms with van der Waals surface area (Å²) in [6.45, 7) is 2.72. The van der Waals surface area contributed by atoms with Crippen LogP contribution < -0.4 is 33.8 Å². The Kier molecular flexibility index (Phi) is 10.6. The lowest BCUT2D eigenvalue weighted by molar-refractivity contribution is 0.0729. The van der Waals surface area contributed by atoms with Crippen LogP contribution in [0.5, 0.6) is 34.5 Å². The first-order chi connectivity index (χ1) is 18.9. The van der Waals surface area contributed by atoms with Gasteiger partial charge in [0.25, 0.3) is 5.91 Å². The highest BCUT2D eigenvalue weighted by atomic mass is 16.6. The first-order valence-corrected chi connectivity index (χ1v) is 12.2. The van der Waals surface area contributed by atoms with Crippen molar-refractivity contribution in [3.8, 4) is 34.5 Å². The van der Waals surface area contributed by atoms with Gasteiger partial charge in [0.1, 0.15) is 5.75 Å². The Balaban J connectivity index is 1.65. The van der Waals surface area contributed by atoms with Crippen molar-refractivity contribution in [2.45, 2.75) is 19.8 Å². The van der Waals surface area contributed by atoms with E-state index in [9.17, 15) is 9.59 Å². The largest absolute Gasteiger partial charge is 0.494 e. The van der Waals surface area contributed by atoms with E-state index in [4.69, 9.17) is 28.4 Å². The molecule has 0 spiro atoms. The molecule has 0 aliphatic rings. The molecule has 39 heavy (non-hydrogen) atoms. The number of hydrogen-bond donors (Lipinski definition) is 1. The van der Waals surface area contributed by atoms with Gasteiger partial charge in [0.15, 0.2) is 23.0 Å². The maximum Gasteiger partial charge on any atom is 0.343 e. The summed E-state index contributed by atoms with van der Waals surface area (Å²) in [6.07, 6.45) is 3.44. The molecule has 206 valence electrons. The Morgan fingerprint density at radius 3 is 2.05 bits per heavy atom. The number of hydrogen-bond acceptors (Lipinski definition) is 9. The molecule has 0 unspecified atom stereocenters. The lowest BCUT2D eigenvalue weighted by Gasteiger charge is -2.13. The molecule has 0 aliphatic heterocycles. The van der Waals surface area contributed by atoms with Crippen LogP contribution in [-0.4, -0.2) is 53.1 Å². The Morgan fingerprint density at radius 2 is 1.46 bits per heavy atom. The number of rotatable bonds is 13. The van der Waals surface area contributed by atoms with Gasteiger partial charge in [0.2, 0.25) is 5.75 Å². The number of hydrazone groups is 1. The van der Waals surface area contributed by atoms with Crippen molar-refractivity contribution in [1.82, 2.24) is 5.43 Å². The van der Waals surface area contributed by atoms with Gasteiger partial charge in [0.05, 0.1) is 46.8 Å². The van der Waals surface area contributed by atoms with Crippen LogP contribution in [0.25, 0.3) is 0 Å². The molecule has 0 atom stereocenters. The second-order valence-electron chi connectivity index (χ2n) is 8.14. The molecule has 3 rings (SSSR count). The minimum atomic E-state index is -0.535. The third-order valence-corrected chi connectivity index (χ3v) is 5.55. The number of amides is 1. The topological polar surface area (TPSA) is 114 Å². The van der Waals surface area contributed by atoms with Crippen LogP contribution in [0.3, 0.4) is 0 Å². The van der Waals surface area contributed by atoms with E-state index in [0.29, 0.717) is 46.5 Å². The second kappa shape index (κ2) is 14.3. The molecule has 10 heteroatoms. The van der Waals surface area contributed by atoms with Crippen molar-refractivity contribution in [3.63, 3.8) is 0 Å².